The van der Waals surface area contributed by atoms with Gasteiger partial charge in [0.1, 0.15) is 0 Å². The van der Waals surface area contributed by atoms with Crippen molar-refractivity contribution in [1.82, 2.24) is 10.0 Å². The molecule has 3 N–H and O–H groups in total. The SMILES string of the molecule is CCNS(=O)(=O)CCNCC(C)(CC)CO. The van der Waals surface area contributed by atoms with Crippen LogP contribution in [0.2, 0.25) is 0 Å². The van der Waals surface area contributed by atoms with E-state index in [4.69, 9.17) is 5.11 Å². The summed E-state index contributed by atoms with van der Waals surface area (Å²) in [4.78, 5) is 0. The molecule has 0 rings (SSSR count). The van der Waals surface area contributed by atoms with E-state index in [1.54, 1.807) is 6.92 Å². The van der Waals surface area contributed by atoms with Crippen LogP contribution in [0, 0.1) is 5.41 Å². The van der Waals surface area contributed by atoms with Gasteiger partial charge in [0.2, 0.25) is 10.0 Å². The van der Waals surface area contributed by atoms with Gasteiger partial charge in [-0.25, -0.2) is 13.1 Å². The van der Waals surface area contributed by atoms with Crippen LogP contribution in [-0.4, -0.2) is 45.5 Å². The van der Waals surface area contributed by atoms with Crippen molar-refractivity contribution in [2.75, 3.05) is 32.0 Å². The third kappa shape index (κ3) is 6.42. The first-order valence-corrected chi connectivity index (χ1v) is 7.33. The van der Waals surface area contributed by atoms with Crippen LogP contribution in [0.3, 0.4) is 0 Å². The van der Waals surface area contributed by atoms with Gasteiger partial charge in [-0.2, -0.15) is 0 Å². The minimum atomic E-state index is -3.14. The Morgan fingerprint density at radius 3 is 2.38 bits per heavy atom. The van der Waals surface area contributed by atoms with Crippen molar-refractivity contribution in [3.63, 3.8) is 0 Å². The van der Waals surface area contributed by atoms with E-state index >= 15 is 0 Å². The molecule has 0 aromatic heterocycles. The summed E-state index contributed by atoms with van der Waals surface area (Å²) in [5, 5.41) is 12.2. The van der Waals surface area contributed by atoms with E-state index in [0.717, 1.165) is 6.42 Å². The first-order chi connectivity index (χ1) is 7.39. The van der Waals surface area contributed by atoms with Crippen molar-refractivity contribution in [1.29, 1.82) is 0 Å². The van der Waals surface area contributed by atoms with Gasteiger partial charge in [0, 0.05) is 31.7 Å². The molecule has 0 amide bonds. The van der Waals surface area contributed by atoms with Crippen molar-refractivity contribution in [2.24, 2.45) is 5.41 Å². The van der Waals surface area contributed by atoms with Crippen molar-refractivity contribution >= 4 is 10.0 Å². The van der Waals surface area contributed by atoms with E-state index < -0.39 is 10.0 Å². The zero-order valence-corrected chi connectivity index (χ0v) is 11.2. The third-order valence-electron chi connectivity index (χ3n) is 2.70. The van der Waals surface area contributed by atoms with Crippen molar-refractivity contribution < 1.29 is 13.5 Å². The molecule has 0 saturated carbocycles. The lowest BCUT2D eigenvalue weighted by atomic mass is 9.89. The summed E-state index contributed by atoms with van der Waals surface area (Å²) in [6.45, 7) is 7.30. The highest BCUT2D eigenvalue weighted by Gasteiger charge is 2.20. The van der Waals surface area contributed by atoms with Gasteiger partial charge in [0.25, 0.3) is 0 Å². The van der Waals surface area contributed by atoms with Gasteiger partial charge in [0.15, 0.2) is 0 Å². The first-order valence-electron chi connectivity index (χ1n) is 5.68. The van der Waals surface area contributed by atoms with E-state index in [0.29, 0.717) is 19.6 Å². The van der Waals surface area contributed by atoms with Gasteiger partial charge < -0.3 is 10.4 Å². The number of rotatable bonds is 9. The second kappa shape index (κ2) is 7.21. The Balaban J connectivity index is 3.84. The number of hydrogen-bond acceptors (Lipinski definition) is 4. The summed E-state index contributed by atoms with van der Waals surface area (Å²) >= 11 is 0. The van der Waals surface area contributed by atoms with E-state index in [1.807, 2.05) is 13.8 Å². The quantitative estimate of drug-likeness (QED) is 0.502. The average molecular weight is 252 g/mol. The number of hydrogen-bond donors (Lipinski definition) is 3. The van der Waals surface area contributed by atoms with Crippen LogP contribution < -0.4 is 10.0 Å². The standard InChI is InChI=1S/C10H24N2O3S/c1-4-10(3,9-13)8-11-6-7-16(14,15)12-5-2/h11-13H,4-9H2,1-3H3. The van der Waals surface area contributed by atoms with Crippen molar-refractivity contribution in [3.05, 3.63) is 0 Å². The molecule has 0 aromatic rings. The molecule has 0 aromatic carbocycles. The molecule has 0 spiro atoms. The zero-order valence-electron chi connectivity index (χ0n) is 10.4. The Hall–Kier alpha value is -0.170. The fourth-order valence-electron chi connectivity index (χ4n) is 1.18. The van der Waals surface area contributed by atoms with Gasteiger partial charge in [-0.3, -0.25) is 0 Å². The maximum absolute atomic E-state index is 11.3. The lowest BCUT2D eigenvalue weighted by Gasteiger charge is -2.25. The van der Waals surface area contributed by atoms with Crippen LogP contribution >= 0.6 is 0 Å². The number of aliphatic hydroxyl groups excluding tert-OH is 1. The fourth-order valence-corrected chi connectivity index (χ4v) is 2.18. The summed E-state index contributed by atoms with van der Waals surface area (Å²) < 4.78 is 25.0. The number of nitrogens with one attached hydrogen (secondary N) is 2. The summed E-state index contributed by atoms with van der Waals surface area (Å²) in [5.41, 5.74) is -0.165. The maximum Gasteiger partial charge on any atom is 0.212 e. The predicted molar refractivity (Wildman–Crippen MR) is 65.8 cm³/mol. The molecule has 0 saturated heterocycles. The Bertz CT molecular complexity index is 274. The molecule has 16 heavy (non-hydrogen) atoms. The molecule has 0 fully saturated rings. The highest BCUT2D eigenvalue weighted by molar-refractivity contribution is 7.89. The number of sulfonamides is 1. The fraction of sp³-hybridized carbons (Fsp3) is 1.00. The maximum atomic E-state index is 11.3. The van der Waals surface area contributed by atoms with Gasteiger partial charge in [-0.05, 0) is 6.42 Å². The van der Waals surface area contributed by atoms with Gasteiger partial charge in [0.05, 0.1) is 5.75 Å². The highest BCUT2D eigenvalue weighted by atomic mass is 32.2. The Morgan fingerprint density at radius 1 is 1.31 bits per heavy atom. The summed E-state index contributed by atoms with van der Waals surface area (Å²) in [5.74, 6) is 0.0755. The minimum Gasteiger partial charge on any atom is -0.396 e. The third-order valence-corrected chi connectivity index (χ3v) is 4.17. The highest BCUT2D eigenvalue weighted by Crippen LogP contribution is 2.17. The lowest BCUT2D eigenvalue weighted by Crippen LogP contribution is -2.38. The summed E-state index contributed by atoms with van der Waals surface area (Å²) in [6, 6.07) is 0. The molecule has 1 unspecified atom stereocenters. The predicted octanol–water partition coefficient (Wildman–Crippen LogP) is -0.0761. The van der Waals surface area contributed by atoms with Crippen molar-refractivity contribution in [2.45, 2.75) is 27.2 Å². The minimum absolute atomic E-state index is 0.0755. The van der Waals surface area contributed by atoms with Crippen LogP contribution in [0.5, 0.6) is 0 Å². The van der Waals surface area contributed by atoms with E-state index in [2.05, 4.69) is 10.0 Å². The van der Waals surface area contributed by atoms with Gasteiger partial charge in [-0.15, -0.1) is 0 Å². The largest absolute Gasteiger partial charge is 0.396 e. The molecule has 0 radical (unpaired) electrons. The Kier molecular flexibility index (Phi) is 7.14. The van der Waals surface area contributed by atoms with E-state index in [9.17, 15) is 8.42 Å². The van der Waals surface area contributed by atoms with Crippen LogP contribution in [0.15, 0.2) is 0 Å². The molecule has 0 aliphatic heterocycles. The average Bonchev–Trinajstić information content (AvgIpc) is 2.24. The summed E-state index contributed by atoms with van der Waals surface area (Å²) in [7, 11) is -3.14. The van der Waals surface area contributed by atoms with Crippen LogP contribution in [0.4, 0.5) is 0 Å². The lowest BCUT2D eigenvalue weighted by molar-refractivity contribution is 0.136. The molecule has 0 bridgehead atoms. The first kappa shape index (κ1) is 15.8. The van der Waals surface area contributed by atoms with Crippen LogP contribution in [0.1, 0.15) is 27.2 Å². The Morgan fingerprint density at radius 2 is 1.94 bits per heavy atom. The normalized spacial score (nSPS) is 16.0. The molecular formula is C10H24N2O3S. The van der Waals surface area contributed by atoms with Crippen LogP contribution in [0.25, 0.3) is 0 Å². The number of aliphatic hydroxyl groups is 1. The molecule has 5 nitrogen and oxygen atoms in total. The second-order valence-electron chi connectivity index (χ2n) is 4.32. The molecule has 1 atom stereocenters. The molecule has 0 aliphatic carbocycles. The topological polar surface area (TPSA) is 78.4 Å². The van der Waals surface area contributed by atoms with Crippen molar-refractivity contribution in [3.8, 4) is 0 Å². The monoisotopic (exact) mass is 252 g/mol. The molecular weight excluding hydrogens is 228 g/mol. The van der Waals surface area contributed by atoms with E-state index in [1.165, 1.54) is 0 Å². The molecule has 6 heteroatoms. The smallest absolute Gasteiger partial charge is 0.212 e. The molecule has 98 valence electrons. The van der Waals surface area contributed by atoms with Gasteiger partial charge in [-0.1, -0.05) is 20.8 Å². The zero-order chi connectivity index (χ0) is 12.7. The molecule has 0 heterocycles. The summed E-state index contributed by atoms with van der Waals surface area (Å²) in [6.07, 6.45) is 0.858. The van der Waals surface area contributed by atoms with Crippen LogP contribution in [-0.2, 0) is 10.0 Å². The van der Waals surface area contributed by atoms with E-state index in [-0.39, 0.29) is 17.8 Å². The second-order valence-corrected chi connectivity index (χ2v) is 6.24. The Labute approximate surface area is 98.7 Å². The van der Waals surface area contributed by atoms with Gasteiger partial charge >= 0.3 is 0 Å². The molecule has 0 aliphatic rings.